The molecule has 1 fully saturated rings. The van der Waals surface area contributed by atoms with Crippen molar-refractivity contribution in [2.45, 2.75) is 23.5 Å². The molecule has 3 N–H and O–H groups in total. The molecule has 1 aliphatic heterocycles. The van der Waals surface area contributed by atoms with Crippen LogP contribution >= 0.6 is 23.5 Å². The van der Waals surface area contributed by atoms with Crippen LogP contribution < -0.4 is 10.6 Å². The smallest absolute Gasteiger partial charge is 0.126 e. The maximum absolute atomic E-state index is 7.87. The molecule has 1 heterocycles. The number of nitrogens with zero attached hydrogens (tertiary/aromatic N) is 1. The fourth-order valence-electron chi connectivity index (χ4n) is 2.45. The van der Waals surface area contributed by atoms with Gasteiger partial charge in [-0.1, -0.05) is 6.07 Å². The first-order valence-corrected chi connectivity index (χ1v) is 8.56. The summed E-state index contributed by atoms with van der Waals surface area (Å²) in [4.78, 5) is 3.45. The highest BCUT2D eigenvalue weighted by molar-refractivity contribution is 8.00. The van der Waals surface area contributed by atoms with Crippen LogP contribution in [0.5, 0.6) is 0 Å². The van der Waals surface area contributed by atoms with Gasteiger partial charge in [0.25, 0.3) is 0 Å². The molecule has 0 amide bonds. The molecule has 0 bridgehead atoms. The van der Waals surface area contributed by atoms with Gasteiger partial charge in [-0.25, -0.2) is 0 Å². The Morgan fingerprint density at radius 2 is 2.21 bits per heavy atom. The third-order valence-electron chi connectivity index (χ3n) is 3.26. The molecule has 3 nitrogen and oxygen atoms in total. The second-order valence-electron chi connectivity index (χ2n) is 5.30. The minimum atomic E-state index is 0.163. The molecular weight excluding hydrogens is 274 g/mol. The van der Waals surface area contributed by atoms with Crippen molar-refractivity contribution in [2.24, 2.45) is 5.73 Å². The van der Waals surface area contributed by atoms with Crippen LogP contribution in [-0.2, 0) is 0 Å². The summed E-state index contributed by atoms with van der Waals surface area (Å²) in [6, 6.07) is 6.18. The van der Waals surface area contributed by atoms with E-state index in [1.807, 2.05) is 24.1 Å². The molecule has 104 valence electrons. The van der Waals surface area contributed by atoms with Crippen molar-refractivity contribution in [2.75, 3.05) is 30.0 Å². The molecule has 0 aromatic heterocycles. The number of anilines is 1. The summed E-state index contributed by atoms with van der Waals surface area (Å²) >= 11 is 3.66. The Morgan fingerprint density at radius 1 is 1.47 bits per heavy atom. The first kappa shape index (κ1) is 14.6. The van der Waals surface area contributed by atoms with Crippen molar-refractivity contribution >= 4 is 35.0 Å². The van der Waals surface area contributed by atoms with Gasteiger partial charge < -0.3 is 10.6 Å². The lowest BCUT2D eigenvalue weighted by atomic mass is 10.1. The fraction of sp³-hybridized carbons (Fsp3) is 0.500. The minimum absolute atomic E-state index is 0.163. The van der Waals surface area contributed by atoms with E-state index in [4.69, 9.17) is 11.1 Å². The number of thioether (sulfide) groups is 2. The van der Waals surface area contributed by atoms with Gasteiger partial charge in [-0.05, 0) is 32.2 Å². The number of hydrogen-bond donors (Lipinski definition) is 2. The lowest BCUT2D eigenvalue weighted by Gasteiger charge is -2.39. The van der Waals surface area contributed by atoms with E-state index in [1.165, 1.54) is 0 Å². The minimum Gasteiger partial charge on any atom is -0.384 e. The summed E-state index contributed by atoms with van der Waals surface area (Å²) < 4.78 is 0.252. The van der Waals surface area contributed by atoms with Gasteiger partial charge in [-0.2, -0.15) is 11.8 Å². The summed E-state index contributed by atoms with van der Waals surface area (Å²) in [7, 11) is 0. The Morgan fingerprint density at radius 3 is 2.79 bits per heavy atom. The van der Waals surface area contributed by atoms with Gasteiger partial charge in [-0.3, -0.25) is 5.41 Å². The molecule has 1 aromatic carbocycles. The van der Waals surface area contributed by atoms with Crippen LogP contribution in [0.1, 0.15) is 19.4 Å². The molecule has 1 aliphatic rings. The first-order valence-electron chi connectivity index (χ1n) is 6.35. The van der Waals surface area contributed by atoms with Gasteiger partial charge in [0.2, 0.25) is 0 Å². The van der Waals surface area contributed by atoms with Crippen LogP contribution in [0, 0.1) is 5.41 Å². The maximum atomic E-state index is 7.87. The fourth-order valence-corrected chi connectivity index (χ4v) is 4.19. The Hall–Kier alpha value is -0.810. The van der Waals surface area contributed by atoms with Crippen LogP contribution in [0.2, 0.25) is 0 Å². The van der Waals surface area contributed by atoms with Gasteiger partial charge in [0.15, 0.2) is 0 Å². The van der Waals surface area contributed by atoms with Crippen LogP contribution in [0.3, 0.4) is 0 Å². The number of nitrogens with one attached hydrogen (secondary N) is 1. The summed E-state index contributed by atoms with van der Waals surface area (Å²) in [5.41, 5.74) is 7.79. The number of rotatable bonds is 3. The predicted molar refractivity (Wildman–Crippen MR) is 88.0 cm³/mol. The van der Waals surface area contributed by atoms with E-state index in [2.05, 4.69) is 30.9 Å². The Labute approximate surface area is 123 Å². The number of nitrogen functional groups attached to an aromatic ring is 1. The van der Waals surface area contributed by atoms with Crippen molar-refractivity contribution in [3.05, 3.63) is 23.8 Å². The lowest BCUT2D eigenvalue weighted by Crippen LogP contribution is -2.44. The van der Waals surface area contributed by atoms with Crippen molar-refractivity contribution in [3.63, 3.8) is 0 Å². The highest BCUT2D eigenvalue weighted by Gasteiger charge is 2.29. The van der Waals surface area contributed by atoms with Crippen molar-refractivity contribution in [3.8, 4) is 0 Å². The SMILES string of the molecule is CSc1cccc(N2CCSC(C)(C)C2)c1C(=N)N. The van der Waals surface area contributed by atoms with E-state index < -0.39 is 0 Å². The van der Waals surface area contributed by atoms with Crippen molar-refractivity contribution < 1.29 is 0 Å². The van der Waals surface area contributed by atoms with Gasteiger partial charge in [0.1, 0.15) is 5.84 Å². The standard InChI is InChI=1S/C14H21N3S2/c1-14(2)9-17(7-8-19-14)10-5-4-6-11(18-3)12(10)13(15)16/h4-6H,7-9H2,1-3H3,(H3,15,16). The van der Waals surface area contributed by atoms with Crippen LogP contribution in [-0.4, -0.2) is 35.7 Å². The Bertz CT molecular complexity index is 486. The van der Waals surface area contributed by atoms with E-state index >= 15 is 0 Å². The van der Waals surface area contributed by atoms with E-state index in [9.17, 15) is 0 Å². The molecule has 19 heavy (non-hydrogen) atoms. The van der Waals surface area contributed by atoms with E-state index in [0.717, 1.165) is 35.0 Å². The highest BCUT2D eigenvalue weighted by Crippen LogP contribution is 2.35. The maximum Gasteiger partial charge on any atom is 0.126 e. The molecule has 0 spiro atoms. The molecule has 0 unspecified atom stereocenters. The average molecular weight is 295 g/mol. The zero-order chi connectivity index (χ0) is 14.0. The summed E-state index contributed by atoms with van der Waals surface area (Å²) in [5, 5.41) is 7.87. The first-order chi connectivity index (χ1) is 8.94. The Balaban J connectivity index is 2.41. The monoisotopic (exact) mass is 295 g/mol. The number of amidine groups is 1. The van der Waals surface area contributed by atoms with Gasteiger partial charge in [0.05, 0.1) is 5.56 Å². The lowest BCUT2D eigenvalue weighted by molar-refractivity contribution is 0.647. The topological polar surface area (TPSA) is 53.1 Å². The molecule has 2 rings (SSSR count). The third-order valence-corrected chi connectivity index (χ3v) is 5.34. The van der Waals surface area contributed by atoms with Crippen LogP contribution in [0.15, 0.2) is 23.1 Å². The second-order valence-corrected chi connectivity index (χ2v) is 7.95. The van der Waals surface area contributed by atoms with Crippen molar-refractivity contribution in [1.82, 2.24) is 0 Å². The van der Waals surface area contributed by atoms with E-state index in [1.54, 1.807) is 11.8 Å². The summed E-state index contributed by atoms with van der Waals surface area (Å²) in [6.45, 7) is 6.56. The number of nitrogens with two attached hydrogens (primary N) is 1. The van der Waals surface area contributed by atoms with Gasteiger partial charge in [-0.15, -0.1) is 11.8 Å². The molecule has 5 heteroatoms. The average Bonchev–Trinajstić information content (AvgIpc) is 2.36. The molecule has 0 saturated carbocycles. The quantitative estimate of drug-likeness (QED) is 0.511. The molecular formula is C14H21N3S2. The summed E-state index contributed by atoms with van der Waals surface area (Å²) in [5.74, 6) is 1.28. The predicted octanol–water partition coefficient (Wildman–Crippen LogP) is 3.02. The third kappa shape index (κ3) is 3.20. The zero-order valence-corrected chi connectivity index (χ0v) is 13.3. The van der Waals surface area contributed by atoms with Gasteiger partial charge in [0, 0.05) is 34.2 Å². The van der Waals surface area contributed by atoms with Crippen LogP contribution in [0.4, 0.5) is 5.69 Å². The second kappa shape index (κ2) is 5.67. The largest absolute Gasteiger partial charge is 0.384 e. The normalized spacial score (nSPS) is 18.4. The Kier molecular flexibility index (Phi) is 4.36. The van der Waals surface area contributed by atoms with Gasteiger partial charge >= 0.3 is 0 Å². The molecule has 0 radical (unpaired) electrons. The zero-order valence-electron chi connectivity index (χ0n) is 11.7. The van der Waals surface area contributed by atoms with Crippen molar-refractivity contribution in [1.29, 1.82) is 5.41 Å². The van der Waals surface area contributed by atoms with E-state index in [0.29, 0.717) is 0 Å². The molecule has 0 aliphatic carbocycles. The van der Waals surface area contributed by atoms with Crippen LogP contribution in [0.25, 0.3) is 0 Å². The summed E-state index contributed by atoms with van der Waals surface area (Å²) in [6.07, 6.45) is 2.03. The number of benzene rings is 1. The highest BCUT2D eigenvalue weighted by atomic mass is 32.2. The van der Waals surface area contributed by atoms with E-state index in [-0.39, 0.29) is 10.6 Å². The molecule has 0 atom stereocenters. The molecule has 1 saturated heterocycles. The molecule has 1 aromatic rings. The number of hydrogen-bond acceptors (Lipinski definition) is 4.